The molecule has 43 heavy (non-hydrogen) atoms. The number of pyridine rings is 1. The van der Waals surface area contributed by atoms with E-state index in [1.807, 2.05) is 11.9 Å². The van der Waals surface area contributed by atoms with Crippen LogP contribution in [0, 0.1) is 5.92 Å². The maximum absolute atomic E-state index is 16.0. The molecule has 6 rings (SSSR count). The number of likely N-dealkylation sites (N-methyl/N-ethyl adjacent to an activating group) is 1. The molecule has 3 saturated heterocycles. The van der Waals surface area contributed by atoms with Gasteiger partial charge in [-0.3, -0.25) is 18.8 Å². The van der Waals surface area contributed by atoms with Crippen LogP contribution in [-0.2, 0) is 22.9 Å². The Morgan fingerprint density at radius 2 is 1.88 bits per heavy atom. The Hall–Kier alpha value is -2.81. The Kier molecular flexibility index (Phi) is 7.93. The number of alkyl halides is 4. The van der Waals surface area contributed by atoms with E-state index in [4.69, 9.17) is 4.74 Å². The Morgan fingerprint density at radius 1 is 1.12 bits per heavy atom. The SMILES string of the molecule is CC(C)[C@H]1CN(C)CCN1Cc1cc(C(F)(F)F)c2cn(-c3cccc(C4([C@@H](F)C5NNCN5C)COC4)c3)c(=O)n2c1. The summed E-state index contributed by atoms with van der Waals surface area (Å²) in [5, 5.41) is 0. The van der Waals surface area contributed by atoms with E-state index in [0.29, 0.717) is 35.9 Å². The van der Waals surface area contributed by atoms with Gasteiger partial charge in [0.15, 0.2) is 0 Å². The molecule has 2 aromatic heterocycles. The molecule has 0 amide bonds. The van der Waals surface area contributed by atoms with Crippen LogP contribution in [0.4, 0.5) is 17.6 Å². The highest BCUT2D eigenvalue weighted by molar-refractivity contribution is 5.58. The molecule has 9 nitrogen and oxygen atoms in total. The average molecular weight is 606 g/mol. The normalized spacial score (nSPS) is 24.6. The molecule has 13 heteroatoms. The van der Waals surface area contributed by atoms with Gasteiger partial charge in [0.05, 0.1) is 42.1 Å². The standard InChI is InChI=1S/C30H39F4N7O2/c1-19(2)24-14-37(3)8-9-39(24)12-20-10-23(30(32,33)34)25-15-40(28(42)41(25)13-20)22-7-5-6-21(11-22)29(16-43-17-29)26(31)27-36-35-18-38(27)4/h5-7,10-11,13,15,19,24,26-27,35-36H,8-9,12,14,16-18H2,1-4H3/t24-,26+,27?/m1/s1. The Labute approximate surface area is 248 Å². The van der Waals surface area contributed by atoms with Crippen LogP contribution in [0.2, 0.25) is 0 Å². The number of nitrogens with one attached hydrogen (secondary N) is 2. The summed E-state index contributed by atoms with van der Waals surface area (Å²) in [4.78, 5) is 20.0. The summed E-state index contributed by atoms with van der Waals surface area (Å²) in [7, 11) is 3.85. The van der Waals surface area contributed by atoms with Gasteiger partial charge in [-0.1, -0.05) is 26.0 Å². The van der Waals surface area contributed by atoms with Gasteiger partial charge in [-0.05, 0) is 49.3 Å². The van der Waals surface area contributed by atoms with Crippen molar-refractivity contribution in [3.63, 3.8) is 0 Å². The number of ether oxygens (including phenoxy) is 1. The topological polar surface area (TPSA) is 69.4 Å². The van der Waals surface area contributed by atoms with Crippen LogP contribution in [0.25, 0.3) is 11.2 Å². The van der Waals surface area contributed by atoms with Crippen molar-refractivity contribution >= 4 is 5.52 Å². The van der Waals surface area contributed by atoms with Crippen molar-refractivity contribution in [2.45, 2.75) is 50.4 Å². The van der Waals surface area contributed by atoms with Crippen molar-refractivity contribution in [1.82, 2.24) is 34.5 Å². The third-order valence-corrected chi connectivity index (χ3v) is 9.30. The minimum absolute atomic E-state index is 0.154. The van der Waals surface area contributed by atoms with Gasteiger partial charge < -0.3 is 9.64 Å². The van der Waals surface area contributed by atoms with Gasteiger partial charge >= 0.3 is 11.9 Å². The molecule has 1 aromatic carbocycles. The number of piperazine rings is 1. The zero-order chi connectivity index (χ0) is 30.7. The van der Waals surface area contributed by atoms with Gasteiger partial charge in [0.25, 0.3) is 0 Å². The molecule has 234 valence electrons. The van der Waals surface area contributed by atoms with Gasteiger partial charge in [0, 0.05) is 44.6 Å². The molecule has 5 heterocycles. The van der Waals surface area contributed by atoms with Gasteiger partial charge in [0.1, 0.15) is 12.3 Å². The molecule has 3 aromatic rings. The fourth-order valence-corrected chi connectivity index (χ4v) is 6.65. The van der Waals surface area contributed by atoms with E-state index in [9.17, 15) is 18.0 Å². The van der Waals surface area contributed by atoms with Crippen LogP contribution in [0.15, 0.2) is 47.5 Å². The number of benzene rings is 1. The summed E-state index contributed by atoms with van der Waals surface area (Å²) < 4.78 is 67.0. The van der Waals surface area contributed by atoms with E-state index in [0.717, 1.165) is 24.0 Å². The number of hydrogen-bond acceptors (Lipinski definition) is 7. The van der Waals surface area contributed by atoms with Crippen LogP contribution in [-0.4, -0.2) is 95.7 Å². The molecule has 0 saturated carbocycles. The lowest BCUT2D eigenvalue weighted by molar-refractivity contribution is -0.136. The lowest BCUT2D eigenvalue weighted by Crippen LogP contribution is -2.61. The maximum atomic E-state index is 16.0. The molecule has 3 aliphatic heterocycles. The van der Waals surface area contributed by atoms with Crippen molar-refractivity contribution < 1.29 is 22.3 Å². The highest BCUT2D eigenvalue weighted by atomic mass is 19.4. The van der Waals surface area contributed by atoms with Crippen molar-refractivity contribution in [3.8, 4) is 5.69 Å². The molecule has 3 aliphatic rings. The molecular formula is C30H39F4N7O2. The quantitative estimate of drug-likeness (QED) is 0.402. The average Bonchev–Trinajstić information content (AvgIpc) is 3.51. The van der Waals surface area contributed by atoms with Crippen molar-refractivity contribution in [2.75, 3.05) is 53.6 Å². The number of nitrogens with zero attached hydrogens (tertiary/aromatic N) is 5. The first-order valence-electron chi connectivity index (χ1n) is 14.7. The number of fused-ring (bicyclic) bond motifs is 1. The smallest absolute Gasteiger partial charge is 0.379 e. The third-order valence-electron chi connectivity index (χ3n) is 9.30. The molecule has 1 unspecified atom stereocenters. The molecule has 3 atom stereocenters. The number of aromatic nitrogens is 2. The number of rotatable bonds is 7. The second-order valence-corrected chi connectivity index (χ2v) is 12.6. The minimum Gasteiger partial charge on any atom is -0.379 e. The van der Waals surface area contributed by atoms with E-state index in [1.165, 1.54) is 23.0 Å². The maximum Gasteiger partial charge on any atom is 0.418 e. The molecule has 0 spiro atoms. The van der Waals surface area contributed by atoms with Gasteiger partial charge in [-0.25, -0.2) is 20.0 Å². The van der Waals surface area contributed by atoms with Gasteiger partial charge in [-0.2, -0.15) is 13.2 Å². The fraction of sp³-hybridized carbons (Fsp3) is 0.567. The Bertz CT molecular complexity index is 1530. The number of imidazole rings is 1. The monoisotopic (exact) mass is 605 g/mol. The first kappa shape index (κ1) is 30.2. The van der Waals surface area contributed by atoms with E-state index in [-0.39, 0.29) is 24.8 Å². The van der Waals surface area contributed by atoms with Gasteiger partial charge in [-0.15, -0.1) is 0 Å². The summed E-state index contributed by atoms with van der Waals surface area (Å²) in [6, 6.07) is 8.17. The fourth-order valence-electron chi connectivity index (χ4n) is 6.65. The lowest BCUT2D eigenvalue weighted by Gasteiger charge is -2.46. The van der Waals surface area contributed by atoms with Crippen molar-refractivity contribution in [2.24, 2.45) is 5.92 Å². The molecular weight excluding hydrogens is 566 g/mol. The zero-order valence-electron chi connectivity index (χ0n) is 24.9. The van der Waals surface area contributed by atoms with E-state index >= 15 is 4.39 Å². The van der Waals surface area contributed by atoms with Crippen LogP contribution in [0.5, 0.6) is 0 Å². The predicted molar refractivity (Wildman–Crippen MR) is 155 cm³/mol. The highest BCUT2D eigenvalue weighted by Crippen LogP contribution is 2.40. The Balaban J connectivity index is 1.39. The first-order valence-corrected chi connectivity index (χ1v) is 14.7. The second-order valence-electron chi connectivity index (χ2n) is 12.6. The molecule has 2 N–H and O–H groups in total. The number of halogens is 4. The van der Waals surface area contributed by atoms with Crippen LogP contribution in [0.1, 0.15) is 30.5 Å². The second kappa shape index (κ2) is 11.3. The van der Waals surface area contributed by atoms with Crippen LogP contribution >= 0.6 is 0 Å². The third kappa shape index (κ3) is 5.40. The first-order chi connectivity index (χ1) is 20.4. The summed E-state index contributed by atoms with van der Waals surface area (Å²) in [5.41, 5.74) is 4.66. The van der Waals surface area contributed by atoms with E-state index in [1.54, 1.807) is 31.3 Å². The summed E-state index contributed by atoms with van der Waals surface area (Å²) >= 11 is 0. The van der Waals surface area contributed by atoms with Gasteiger partial charge in [0.2, 0.25) is 0 Å². The molecule has 0 radical (unpaired) electrons. The highest BCUT2D eigenvalue weighted by Gasteiger charge is 2.52. The summed E-state index contributed by atoms with van der Waals surface area (Å²) in [6.45, 7) is 7.70. The van der Waals surface area contributed by atoms with E-state index < -0.39 is 35.2 Å². The summed E-state index contributed by atoms with van der Waals surface area (Å²) in [5.74, 6) is 0.319. The Morgan fingerprint density at radius 3 is 2.51 bits per heavy atom. The summed E-state index contributed by atoms with van der Waals surface area (Å²) in [6.07, 6.45) is -3.84. The van der Waals surface area contributed by atoms with Crippen LogP contribution in [0.3, 0.4) is 0 Å². The predicted octanol–water partition coefficient (Wildman–Crippen LogP) is 2.81. The molecule has 0 aliphatic carbocycles. The minimum atomic E-state index is -4.66. The molecule has 0 bridgehead atoms. The van der Waals surface area contributed by atoms with E-state index in [2.05, 4.69) is 34.5 Å². The lowest BCUT2D eigenvalue weighted by atomic mass is 9.73. The van der Waals surface area contributed by atoms with Crippen molar-refractivity contribution in [1.29, 1.82) is 0 Å². The molecule has 3 fully saturated rings. The van der Waals surface area contributed by atoms with Crippen molar-refractivity contribution in [3.05, 3.63) is 69.9 Å². The van der Waals surface area contributed by atoms with Crippen LogP contribution < -0.4 is 16.5 Å². The zero-order valence-corrected chi connectivity index (χ0v) is 24.9. The number of hydrogen-bond donors (Lipinski definition) is 2. The number of hydrazine groups is 1. The largest absolute Gasteiger partial charge is 0.418 e.